The Morgan fingerprint density at radius 2 is 2.00 bits per heavy atom. The van der Waals surface area contributed by atoms with Crippen LogP contribution in [-0.4, -0.2) is 25.0 Å². The summed E-state index contributed by atoms with van der Waals surface area (Å²) < 4.78 is 17.5. The van der Waals surface area contributed by atoms with Crippen LogP contribution in [0.3, 0.4) is 0 Å². The Morgan fingerprint density at radius 3 is 2.76 bits per heavy atom. The second kappa shape index (κ2) is 7.26. The summed E-state index contributed by atoms with van der Waals surface area (Å²) in [7, 11) is 0. The molecule has 0 radical (unpaired) electrons. The first kappa shape index (κ1) is 16.1. The molecule has 0 saturated heterocycles. The van der Waals surface area contributed by atoms with Crippen LogP contribution >= 0.6 is 0 Å². The van der Waals surface area contributed by atoms with Crippen molar-refractivity contribution < 1.29 is 9.13 Å². The molecule has 1 N–H and O–H groups in total. The third kappa shape index (κ3) is 4.01. The molecule has 1 aliphatic heterocycles. The molecular formula is C21H23FN2O. The van der Waals surface area contributed by atoms with E-state index in [1.54, 1.807) is 0 Å². The number of nitrogens with zero attached hydrogens (tertiary/aromatic N) is 1. The number of aliphatic imine (C=N–C) groups is 1. The van der Waals surface area contributed by atoms with E-state index in [4.69, 9.17) is 9.73 Å². The van der Waals surface area contributed by atoms with E-state index in [1.807, 2.05) is 24.3 Å². The van der Waals surface area contributed by atoms with Gasteiger partial charge in [-0.3, -0.25) is 4.99 Å². The first-order chi connectivity index (χ1) is 12.3. The largest absolute Gasteiger partial charge is 0.491 e. The predicted octanol–water partition coefficient (Wildman–Crippen LogP) is 4.43. The molecule has 25 heavy (non-hydrogen) atoms. The molecule has 1 heterocycles. The minimum atomic E-state index is -0.469. The summed E-state index contributed by atoms with van der Waals surface area (Å²) in [4.78, 5) is 4.79. The van der Waals surface area contributed by atoms with Gasteiger partial charge in [0.25, 0.3) is 0 Å². The van der Waals surface area contributed by atoms with Crippen LogP contribution in [0.5, 0.6) is 5.75 Å². The Labute approximate surface area is 148 Å². The fourth-order valence-corrected chi connectivity index (χ4v) is 3.20. The number of allylic oxidation sites excluding steroid dienone is 4. The van der Waals surface area contributed by atoms with Crippen LogP contribution in [0, 0.1) is 5.92 Å². The summed E-state index contributed by atoms with van der Waals surface area (Å²) in [6.45, 7) is -0.367. The Kier molecular flexibility index (Phi) is 4.68. The van der Waals surface area contributed by atoms with E-state index in [0.717, 1.165) is 29.8 Å². The minimum absolute atomic E-state index is 0.103. The zero-order valence-corrected chi connectivity index (χ0v) is 14.2. The van der Waals surface area contributed by atoms with Gasteiger partial charge in [0.15, 0.2) is 0 Å². The van der Waals surface area contributed by atoms with Crippen LogP contribution in [0.4, 0.5) is 4.39 Å². The van der Waals surface area contributed by atoms with E-state index < -0.39 is 6.67 Å². The third-order valence-corrected chi connectivity index (χ3v) is 4.67. The summed E-state index contributed by atoms with van der Waals surface area (Å²) in [5, 5.41) is 3.57. The molecule has 0 bridgehead atoms. The Bertz CT molecular complexity index is 742. The molecule has 2 aliphatic carbocycles. The lowest BCUT2D eigenvalue weighted by Crippen LogP contribution is -2.13. The van der Waals surface area contributed by atoms with Crippen LogP contribution < -0.4 is 10.1 Å². The summed E-state index contributed by atoms with van der Waals surface area (Å²) in [5.41, 5.74) is 4.56. The number of nitrogens with one attached hydrogen (secondary N) is 1. The second-order valence-electron chi connectivity index (χ2n) is 6.74. The van der Waals surface area contributed by atoms with Crippen LogP contribution in [0.25, 0.3) is 5.70 Å². The average Bonchev–Trinajstić information content (AvgIpc) is 3.35. The van der Waals surface area contributed by atoms with Crippen molar-refractivity contribution in [1.82, 2.24) is 5.32 Å². The Morgan fingerprint density at radius 1 is 1.16 bits per heavy atom. The van der Waals surface area contributed by atoms with Gasteiger partial charge in [-0.25, -0.2) is 4.39 Å². The van der Waals surface area contributed by atoms with E-state index in [9.17, 15) is 4.39 Å². The maximum absolute atomic E-state index is 12.2. The van der Waals surface area contributed by atoms with E-state index in [0.29, 0.717) is 17.7 Å². The maximum atomic E-state index is 12.2. The smallest absolute Gasteiger partial charge is 0.123 e. The van der Waals surface area contributed by atoms with Crippen LogP contribution in [-0.2, 0) is 0 Å². The van der Waals surface area contributed by atoms with Gasteiger partial charge in [-0.15, -0.1) is 0 Å². The van der Waals surface area contributed by atoms with Gasteiger partial charge < -0.3 is 10.1 Å². The van der Waals surface area contributed by atoms with E-state index in [2.05, 4.69) is 29.6 Å². The molecule has 1 saturated carbocycles. The van der Waals surface area contributed by atoms with Crippen LogP contribution in [0.15, 0.2) is 59.3 Å². The summed E-state index contributed by atoms with van der Waals surface area (Å²) >= 11 is 0. The van der Waals surface area contributed by atoms with Gasteiger partial charge in [0.05, 0.1) is 11.8 Å². The standard InChI is InChI=1S/C21H23FN2O/c22-11-12-25-19-9-5-15(6-10-19)20-13-16-3-1-2-4-18(14-21(16)24-20)23-17-7-8-17/h2,4-6,9-10,13-14,16-17,24H,1,3,7-8,11-12H2/b4-2-,21-14?,23-18?. The minimum Gasteiger partial charge on any atom is -0.491 e. The maximum Gasteiger partial charge on any atom is 0.123 e. The highest BCUT2D eigenvalue weighted by Gasteiger charge is 2.24. The molecule has 0 amide bonds. The number of alkyl halides is 1. The molecule has 1 atom stereocenters. The van der Waals surface area contributed by atoms with Crippen LogP contribution in [0.1, 0.15) is 31.2 Å². The lowest BCUT2D eigenvalue weighted by Gasteiger charge is -2.13. The van der Waals surface area contributed by atoms with Gasteiger partial charge >= 0.3 is 0 Å². The fourth-order valence-electron chi connectivity index (χ4n) is 3.20. The highest BCUT2D eigenvalue weighted by molar-refractivity contribution is 6.05. The normalized spacial score (nSPS) is 25.3. The molecule has 1 aromatic rings. The fraction of sp³-hybridized carbons (Fsp3) is 0.381. The first-order valence-electron chi connectivity index (χ1n) is 9.06. The van der Waals surface area contributed by atoms with Gasteiger partial charge in [-0.1, -0.05) is 12.2 Å². The van der Waals surface area contributed by atoms with E-state index >= 15 is 0 Å². The van der Waals surface area contributed by atoms with Crippen molar-refractivity contribution in [3.05, 3.63) is 59.8 Å². The zero-order valence-electron chi connectivity index (χ0n) is 14.2. The van der Waals surface area contributed by atoms with Gasteiger partial charge in [0.2, 0.25) is 0 Å². The number of ether oxygens (including phenoxy) is 1. The van der Waals surface area contributed by atoms with Gasteiger partial charge in [0, 0.05) is 17.3 Å². The predicted molar refractivity (Wildman–Crippen MR) is 99.4 cm³/mol. The Hall–Kier alpha value is -2.36. The van der Waals surface area contributed by atoms with Crippen molar-refractivity contribution in [1.29, 1.82) is 0 Å². The van der Waals surface area contributed by atoms with Gasteiger partial charge in [-0.2, -0.15) is 0 Å². The average molecular weight is 338 g/mol. The topological polar surface area (TPSA) is 33.6 Å². The van der Waals surface area contributed by atoms with Crippen molar-refractivity contribution >= 4 is 11.4 Å². The SMILES string of the molecule is FCCOc1ccc(C2=CC3CC/C=C\C(=NC4CC4)C=C3N2)cc1. The number of rotatable bonds is 5. The quantitative estimate of drug-likeness (QED) is 0.861. The van der Waals surface area contributed by atoms with Gasteiger partial charge in [0.1, 0.15) is 19.0 Å². The number of fused-ring (bicyclic) bond motifs is 1. The zero-order chi connectivity index (χ0) is 17.1. The Balaban J connectivity index is 1.51. The van der Waals surface area contributed by atoms with Crippen molar-refractivity contribution in [3.63, 3.8) is 0 Å². The van der Waals surface area contributed by atoms with Gasteiger partial charge in [-0.05, 0) is 67.7 Å². The second-order valence-corrected chi connectivity index (χ2v) is 6.74. The third-order valence-electron chi connectivity index (χ3n) is 4.67. The molecule has 0 spiro atoms. The monoisotopic (exact) mass is 338 g/mol. The summed E-state index contributed by atoms with van der Waals surface area (Å²) in [6.07, 6.45) is 13.5. The van der Waals surface area contributed by atoms with Crippen molar-refractivity contribution in [2.24, 2.45) is 10.9 Å². The molecule has 4 rings (SSSR count). The highest BCUT2D eigenvalue weighted by atomic mass is 19.1. The summed E-state index contributed by atoms with van der Waals surface area (Å²) in [5.74, 6) is 1.11. The van der Waals surface area contributed by atoms with Crippen molar-refractivity contribution in [2.75, 3.05) is 13.3 Å². The number of hydrogen-bond donors (Lipinski definition) is 1. The van der Waals surface area contributed by atoms with E-state index in [1.165, 1.54) is 18.5 Å². The molecule has 1 fully saturated rings. The molecule has 3 nitrogen and oxygen atoms in total. The van der Waals surface area contributed by atoms with Crippen molar-refractivity contribution in [3.8, 4) is 5.75 Å². The first-order valence-corrected chi connectivity index (χ1v) is 9.06. The molecule has 3 aliphatic rings. The summed E-state index contributed by atoms with van der Waals surface area (Å²) in [6, 6.07) is 8.35. The van der Waals surface area contributed by atoms with Crippen molar-refractivity contribution in [2.45, 2.75) is 31.7 Å². The highest BCUT2D eigenvalue weighted by Crippen LogP contribution is 2.32. The van der Waals surface area contributed by atoms with E-state index in [-0.39, 0.29) is 6.61 Å². The number of hydrogen-bond acceptors (Lipinski definition) is 3. The number of benzene rings is 1. The molecule has 1 aromatic carbocycles. The van der Waals surface area contributed by atoms with Crippen LogP contribution in [0.2, 0.25) is 0 Å². The molecule has 1 unspecified atom stereocenters. The number of halogens is 1. The molecule has 130 valence electrons. The lowest BCUT2D eigenvalue weighted by molar-refractivity contribution is 0.273. The lowest BCUT2D eigenvalue weighted by atomic mass is 9.97. The molecule has 0 aromatic heterocycles. The molecular weight excluding hydrogens is 315 g/mol. The molecule has 4 heteroatoms.